The summed E-state index contributed by atoms with van der Waals surface area (Å²) in [5, 5.41) is 21.0. The number of nitrogens with zero attached hydrogens (tertiary/aromatic N) is 1. The fraction of sp³-hybridized carbons (Fsp3) is 0.417. The van der Waals surface area contributed by atoms with E-state index in [0.29, 0.717) is 17.0 Å². The van der Waals surface area contributed by atoms with E-state index < -0.39 is 17.8 Å². The van der Waals surface area contributed by atoms with E-state index in [-0.39, 0.29) is 5.91 Å². The van der Waals surface area contributed by atoms with Crippen molar-refractivity contribution in [2.45, 2.75) is 20.3 Å². The molecule has 1 aromatic rings. The second-order valence-corrected chi connectivity index (χ2v) is 5.60. The summed E-state index contributed by atoms with van der Waals surface area (Å²) in [5.41, 5.74) is 1.33. The van der Waals surface area contributed by atoms with Crippen molar-refractivity contribution in [3.8, 4) is 6.07 Å². The van der Waals surface area contributed by atoms with Crippen molar-refractivity contribution in [3.63, 3.8) is 0 Å². The number of thiophene rings is 1. The Labute approximate surface area is 108 Å². The number of nitriles is 1. The molecule has 2 N–H and O–H groups in total. The third kappa shape index (κ3) is 2.09. The van der Waals surface area contributed by atoms with E-state index in [9.17, 15) is 9.59 Å². The van der Waals surface area contributed by atoms with Crippen LogP contribution in [0.1, 0.15) is 22.4 Å². The zero-order valence-electron chi connectivity index (χ0n) is 9.98. The van der Waals surface area contributed by atoms with E-state index in [0.717, 1.165) is 10.4 Å². The van der Waals surface area contributed by atoms with Gasteiger partial charge in [-0.1, -0.05) is 0 Å². The van der Waals surface area contributed by atoms with Gasteiger partial charge in [0.15, 0.2) is 0 Å². The lowest BCUT2D eigenvalue weighted by Crippen LogP contribution is -2.16. The molecule has 2 rings (SSSR count). The molecule has 0 aromatic carbocycles. The zero-order valence-corrected chi connectivity index (χ0v) is 10.8. The van der Waals surface area contributed by atoms with Crippen molar-refractivity contribution >= 4 is 28.2 Å². The topological polar surface area (TPSA) is 90.2 Å². The van der Waals surface area contributed by atoms with Crippen LogP contribution in [0.5, 0.6) is 0 Å². The van der Waals surface area contributed by atoms with E-state index in [1.807, 2.05) is 13.8 Å². The molecule has 18 heavy (non-hydrogen) atoms. The minimum absolute atomic E-state index is 0.305. The summed E-state index contributed by atoms with van der Waals surface area (Å²) in [6, 6.07) is 2.06. The number of hydrogen-bond acceptors (Lipinski definition) is 4. The Bertz CT molecular complexity index is 571. The van der Waals surface area contributed by atoms with E-state index >= 15 is 0 Å². The van der Waals surface area contributed by atoms with Crippen LogP contribution >= 0.6 is 11.3 Å². The highest BCUT2D eigenvalue weighted by Crippen LogP contribution is 2.40. The maximum atomic E-state index is 11.8. The maximum absolute atomic E-state index is 11.8. The summed E-state index contributed by atoms with van der Waals surface area (Å²) in [6.07, 6.45) is 0.381. The van der Waals surface area contributed by atoms with Crippen LogP contribution in [0.2, 0.25) is 0 Å². The molecule has 5 nitrogen and oxygen atoms in total. The normalized spacial score (nSPS) is 21.2. The molecule has 0 saturated heterocycles. The lowest BCUT2D eigenvalue weighted by molar-refractivity contribution is -0.139. The highest BCUT2D eigenvalue weighted by Gasteiger charge is 2.48. The van der Waals surface area contributed by atoms with Gasteiger partial charge in [0.2, 0.25) is 5.91 Å². The minimum atomic E-state index is -0.936. The van der Waals surface area contributed by atoms with Gasteiger partial charge in [-0.3, -0.25) is 9.59 Å². The van der Waals surface area contributed by atoms with E-state index in [2.05, 4.69) is 11.4 Å². The molecule has 2 unspecified atom stereocenters. The highest BCUT2D eigenvalue weighted by atomic mass is 32.1. The number of carboxylic acid groups (broad SMARTS) is 1. The number of nitrogens with one attached hydrogen (secondary N) is 1. The first-order valence-corrected chi connectivity index (χ1v) is 6.31. The summed E-state index contributed by atoms with van der Waals surface area (Å²) >= 11 is 1.35. The molecule has 2 atom stereocenters. The van der Waals surface area contributed by atoms with Crippen LogP contribution in [0.15, 0.2) is 0 Å². The quantitative estimate of drug-likeness (QED) is 0.872. The number of aliphatic carboxylic acids is 1. The van der Waals surface area contributed by atoms with Crippen LogP contribution in [0.3, 0.4) is 0 Å². The Morgan fingerprint density at radius 3 is 2.61 bits per heavy atom. The SMILES string of the molecule is Cc1sc(NC(=O)C2CC2C(=O)O)c(C#N)c1C. The van der Waals surface area contributed by atoms with Crippen LogP contribution in [-0.4, -0.2) is 17.0 Å². The number of anilines is 1. The summed E-state index contributed by atoms with van der Waals surface area (Å²) in [7, 11) is 0. The van der Waals surface area contributed by atoms with Gasteiger partial charge in [0, 0.05) is 4.88 Å². The predicted octanol–water partition coefficient (Wildman–Crippen LogP) is 1.90. The molecule has 0 radical (unpaired) electrons. The zero-order chi connectivity index (χ0) is 13.4. The average Bonchev–Trinajstić information content (AvgIpc) is 3.04. The van der Waals surface area contributed by atoms with Gasteiger partial charge < -0.3 is 10.4 Å². The van der Waals surface area contributed by atoms with Gasteiger partial charge in [-0.2, -0.15) is 5.26 Å². The molecule has 0 bridgehead atoms. The molecule has 1 aliphatic carbocycles. The first-order valence-electron chi connectivity index (χ1n) is 5.49. The first kappa shape index (κ1) is 12.6. The Morgan fingerprint density at radius 1 is 1.44 bits per heavy atom. The fourth-order valence-corrected chi connectivity index (χ4v) is 2.83. The number of carbonyl (C=O) groups is 2. The standard InChI is InChI=1S/C12H12N2O3S/c1-5-6(2)18-11(9(5)4-13)14-10(15)7-3-8(7)12(16)17/h7-8H,3H2,1-2H3,(H,14,15)(H,16,17). The monoisotopic (exact) mass is 264 g/mol. The molecule has 1 saturated carbocycles. The first-order chi connectivity index (χ1) is 8.45. The number of carbonyl (C=O) groups excluding carboxylic acids is 1. The van der Waals surface area contributed by atoms with Gasteiger partial charge in [-0.15, -0.1) is 11.3 Å². The molecule has 0 spiro atoms. The summed E-state index contributed by atoms with van der Waals surface area (Å²) in [4.78, 5) is 23.5. The second kappa shape index (κ2) is 4.42. The summed E-state index contributed by atoms with van der Waals surface area (Å²) in [6.45, 7) is 3.71. The number of amides is 1. The molecule has 1 amide bonds. The lowest BCUT2D eigenvalue weighted by Gasteiger charge is -2.01. The van der Waals surface area contributed by atoms with Crippen LogP contribution in [0.25, 0.3) is 0 Å². The Hall–Kier alpha value is -1.87. The molecule has 1 fully saturated rings. The van der Waals surface area contributed by atoms with Gasteiger partial charge in [-0.25, -0.2) is 0 Å². The number of aryl methyl sites for hydroxylation is 1. The largest absolute Gasteiger partial charge is 0.481 e. The number of rotatable bonds is 3. The molecule has 1 heterocycles. The van der Waals surface area contributed by atoms with Crippen molar-refractivity contribution in [3.05, 3.63) is 16.0 Å². The van der Waals surface area contributed by atoms with E-state index in [1.165, 1.54) is 11.3 Å². The summed E-state index contributed by atoms with van der Waals surface area (Å²) < 4.78 is 0. The molecule has 94 valence electrons. The smallest absolute Gasteiger partial charge is 0.307 e. The lowest BCUT2D eigenvalue weighted by atomic mass is 10.2. The van der Waals surface area contributed by atoms with E-state index in [4.69, 9.17) is 10.4 Å². The minimum Gasteiger partial charge on any atom is -0.481 e. The van der Waals surface area contributed by atoms with Crippen molar-refractivity contribution in [1.29, 1.82) is 5.26 Å². The third-order valence-electron chi connectivity index (χ3n) is 3.18. The third-order valence-corrected chi connectivity index (χ3v) is 4.30. The van der Waals surface area contributed by atoms with E-state index in [1.54, 1.807) is 0 Å². The molecule has 1 aliphatic rings. The van der Waals surface area contributed by atoms with Crippen LogP contribution in [0, 0.1) is 37.0 Å². The van der Waals surface area contributed by atoms with Crippen molar-refractivity contribution < 1.29 is 14.7 Å². The second-order valence-electron chi connectivity index (χ2n) is 4.38. The Morgan fingerprint density at radius 2 is 2.11 bits per heavy atom. The number of carboxylic acids is 1. The van der Waals surface area contributed by atoms with Gasteiger partial charge in [0.25, 0.3) is 0 Å². The number of hydrogen-bond donors (Lipinski definition) is 2. The van der Waals surface area contributed by atoms with Crippen LogP contribution in [-0.2, 0) is 9.59 Å². The molecule has 0 aliphatic heterocycles. The average molecular weight is 264 g/mol. The van der Waals surface area contributed by atoms with Crippen LogP contribution < -0.4 is 5.32 Å². The van der Waals surface area contributed by atoms with Crippen molar-refractivity contribution in [2.75, 3.05) is 5.32 Å². The molecular formula is C12H12N2O3S. The van der Waals surface area contributed by atoms with Crippen LogP contribution in [0.4, 0.5) is 5.00 Å². The predicted molar refractivity (Wildman–Crippen MR) is 66.4 cm³/mol. The molecule has 1 aromatic heterocycles. The van der Waals surface area contributed by atoms with Gasteiger partial charge >= 0.3 is 5.97 Å². The van der Waals surface area contributed by atoms with Gasteiger partial charge in [0.05, 0.1) is 17.4 Å². The summed E-state index contributed by atoms with van der Waals surface area (Å²) in [5.74, 6) is -2.27. The molecule has 6 heteroatoms. The molecular weight excluding hydrogens is 252 g/mol. The van der Waals surface area contributed by atoms with Gasteiger partial charge in [-0.05, 0) is 25.8 Å². The van der Waals surface area contributed by atoms with Crippen molar-refractivity contribution in [2.24, 2.45) is 11.8 Å². The Kier molecular flexibility index (Phi) is 3.09. The Balaban J connectivity index is 2.12. The maximum Gasteiger partial charge on any atom is 0.307 e. The highest BCUT2D eigenvalue weighted by molar-refractivity contribution is 7.16. The van der Waals surface area contributed by atoms with Crippen molar-refractivity contribution in [1.82, 2.24) is 0 Å². The van der Waals surface area contributed by atoms with Gasteiger partial charge in [0.1, 0.15) is 11.1 Å². The fourth-order valence-electron chi connectivity index (χ4n) is 1.81.